The lowest BCUT2D eigenvalue weighted by Gasteiger charge is -2.26. The lowest BCUT2D eigenvalue weighted by Crippen LogP contribution is -2.32. The molecule has 144 valence electrons. The number of anilines is 1. The van der Waals surface area contributed by atoms with Gasteiger partial charge in [-0.15, -0.1) is 5.10 Å². The Labute approximate surface area is 162 Å². The van der Waals surface area contributed by atoms with Gasteiger partial charge in [-0.2, -0.15) is 0 Å². The first kappa shape index (κ1) is 17.1. The third-order valence-electron chi connectivity index (χ3n) is 5.38. The summed E-state index contributed by atoms with van der Waals surface area (Å²) < 4.78 is 18.6. The molecule has 1 saturated heterocycles. The van der Waals surface area contributed by atoms with E-state index in [1.165, 1.54) is 12.1 Å². The smallest absolute Gasteiger partial charge is 0.231 e. The number of hydrogen-bond donors (Lipinski definition) is 0. The van der Waals surface area contributed by atoms with Crippen molar-refractivity contribution in [3.8, 4) is 17.3 Å². The van der Waals surface area contributed by atoms with Crippen LogP contribution in [0.3, 0.4) is 0 Å². The number of aromatic nitrogens is 3. The van der Waals surface area contributed by atoms with Gasteiger partial charge in [0.1, 0.15) is 11.3 Å². The Morgan fingerprint density at radius 1 is 1.21 bits per heavy atom. The van der Waals surface area contributed by atoms with E-state index < -0.39 is 0 Å². The monoisotopic (exact) mass is 378 g/mol. The Bertz CT molecular complexity index is 1130. The number of benzene rings is 1. The van der Waals surface area contributed by atoms with Crippen molar-refractivity contribution < 1.29 is 13.9 Å². The van der Waals surface area contributed by atoms with E-state index in [1.54, 1.807) is 31.0 Å². The molecule has 1 aliphatic rings. The molecular weight excluding hydrogens is 356 g/mol. The predicted molar refractivity (Wildman–Crippen MR) is 107 cm³/mol. The highest BCUT2D eigenvalue weighted by Crippen LogP contribution is 2.37. The summed E-state index contributed by atoms with van der Waals surface area (Å²) in [5.74, 6) is 1.27. The van der Waals surface area contributed by atoms with Gasteiger partial charge in [0.2, 0.25) is 5.88 Å². The maximum Gasteiger partial charge on any atom is 0.231 e. The Hall–Kier alpha value is -3.06. The lowest BCUT2D eigenvalue weighted by atomic mass is 10.1. The van der Waals surface area contributed by atoms with Crippen molar-refractivity contribution in [3.05, 3.63) is 42.6 Å². The van der Waals surface area contributed by atoms with Gasteiger partial charge >= 0.3 is 0 Å². The summed E-state index contributed by atoms with van der Waals surface area (Å²) in [5, 5.41) is 5.58. The molecule has 0 amide bonds. The van der Waals surface area contributed by atoms with Gasteiger partial charge in [0.25, 0.3) is 0 Å². The molecule has 0 aliphatic carbocycles. The highest BCUT2D eigenvalue weighted by atomic mass is 16.5. The number of rotatable bonds is 5. The Morgan fingerprint density at radius 3 is 3.00 bits per heavy atom. The van der Waals surface area contributed by atoms with Crippen molar-refractivity contribution >= 4 is 22.3 Å². The zero-order valence-electron chi connectivity index (χ0n) is 16.0. The van der Waals surface area contributed by atoms with Crippen LogP contribution in [0, 0.1) is 0 Å². The number of imidazole rings is 1. The van der Waals surface area contributed by atoms with E-state index in [4.69, 9.17) is 13.9 Å². The molecular formula is C21H22N4O3. The lowest BCUT2D eigenvalue weighted by molar-refractivity contribution is 0.181. The van der Waals surface area contributed by atoms with Crippen LogP contribution in [0.1, 0.15) is 12.8 Å². The molecule has 0 N–H and O–H groups in total. The van der Waals surface area contributed by atoms with Crippen LogP contribution in [0.25, 0.3) is 28.1 Å². The Balaban J connectivity index is 1.61. The molecule has 0 saturated carbocycles. The molecule has 4 heterocycles. The zero-order chi connectivity index (χ0) is 19.1. The molecule has 0 spiro atoms. The van der Waals surface area contributed by atoms with Crippen molar-refractivity contribution in [2.75, 3.05) is 32.3 Å². The van der Waals surface area contributed by atoms with E-state index in [1.807, 2.05) is 18.2 Å². The number of methoxy groups -OCH3 is 2. The van der Waals surface area contributed by atoms with Crippen molar-refractivity contribution in [3.63, 3.8) is 0 Å². The SMILES string of the molecule is COC[C@H]1CCCN1c1cccc2oc(-c3cnc4ccc(OC)nn34)cc12. The van der Waals surface area contributed by atoms with Crippen LogP contribution in [-0.4, -0.2) is 48.0 Å². The number of nitrogens with zero attached hydrogens (tertiary/aromatic N) is 4. The standard InChI is InChI=1S/C21H22N4O3/c1-26-13-14-5-4-10-24(14)16-6-3-7-18-15(16)11-19(28-18)17-12-22-20-8-9-21(27-2)23-25(17)20/h3,6-9,11-12,14H,4-5,10,13H2,1-2H3/t14-/m1/s1. The number of fused-ring (bicyclic) bond motifs is 2. The van der Waals surface area contributed by atoms with Gasteiger partial charge in [0.15, 0.2) is 11.4 Å². The van der Waals surface area contributed by atoms with Gasteiger partial charge < -0.3 is 18.8 Å². The molecule has 1 aliphatic heterocycles. The minimum Gasteiger partial charge on any atom is -0.480 e. The van der Waals surface area contributed by atoms with E-state index >= 15 is 0 Å². The fourth-order valence-corrected chi connectivity index (χ4v) is 4.07. The van der Waals surface area contributed by atoms with Crippen molar-refractivity contribution in [1.29, 1.82) is 0 Å². The summed E-state index contributed by atoms with van der Waals surface area (Å²) in [7, 11) is 3.36. The second-order valence-corrected chi connectivity index (χ2v) is 7.03. The number of ether oxygens (including phenoxy) is 2. The molecule has 0 unspecified atom stereocenters. The minimum atomic E-state index is 0.399. The van der Waals surface area contributed by atoms with Gasteiger partial charge in [-0.1, -0.05) is 6.07 Å². The van der Waals surface area contributed by atoms with Crippen LogP contribution in [0.15, 0.2) is 47.0 Å². The van der Waals surface area contributed by atoms with Gasteiger partial charge in [-0.3, -0.25) is 0 Å². The van der Waals surface area contributed by atoms with Crippen LogP contribution in [0.2, 0.25) is 0 Å². The first-order chi connectivity index (χ1) is 13.8. The average Bonchev–Trinajstić information content (AvgIpc) is 3.44. The van der Waals surface area contributed by atoms with Crippen LogP contribution in [-0.2, 0) is 4.74 Å². The van der Waals surface area contributed by atoms with Crippen LogP contribution in [0.4, 0.5) is 5.69 Å². The van der Waals surface area contributed by atoms with Crippen LogP contribution >= 0.6 is 0 Å². The fraction of sp³-hybridized carbons (Fsp3) is 0.333. The van der Waals surface area contributed by atoms with Crippen molar-refractivity contribution in [2.24, 2.45) is 0 Å². The summed E-state index contributed by atoms with van der Waals surface area (Å²) in [4.78, 5) is 6.87. The normalized spacial score (nSPS) is 17.1. The molecule has 1 aromatic carbocycles. The van der Waals surface area contributed by atoms with E-state index in [0.29, 0.717) is 11.9 Å². The van der Waals surface area contributed by atoms with Gasteiger partial charge in [0.05, 0.1) is 26.0 Å². The fourth-order valence-electron chi connectivity index (χ4n) is 4.07. The van der Waals surface area contributed by atoms with Crippen LogP contribution < -0.4 is 9.64 Å². The van der Waals surface area contributed by atoms with Gasteiger partial charge in [0, 0.05) is 30.8 Å². The van der Waals surface area contributed by atoms with Crippen molar-refractivity contribution in [2.45, 2.75) is 18.9 Å². The Kier molecular flexibility index (Phi) is 4.16. The summed E-state index contributed by atoms with van der Waals surface area (Å²) in [6.07, 6.45) is 4.10. The quantitative estimate of drug-likeness (QED) is 0.527. The topological polar surface area (TPSA) is 65.0 Å². The molecule has 0 bridgehead atoms. The average molecular weight is 378 g/mol. The number of furan rings is 1. The van der Waals surface area contributed by atoms with Gasteiger partial charge in [-0.25, -0.2) is 9.50 Å². The summed E-state index contributed by atoms with van der Waals surface area (Å²) in [5.41, 5.74) is 3.59. The van der Waals surface area contributed by atoms with Crippen LogP contribution in [0.5, 0.6) is 5.88 Å². The molecule has 5 rings (SSSR count). The molecule has 1 fully saturated rings. The third kappa shape index (κ3) is 2.70. The van der Waals surface area contributed by atoms with E-state index in [9.17, 15) is 0 Å². The summed E-state index contributed by atoms with van der Waals surface area (Å²) in [6.45, 7) is 1.76. The molecule has 28 heavy (non-hydrogen) atoms. The van der Waals surface area contributed by atoms with Gasteiger partial charge in [-0.05, 0) is 37.1 Å². The second kappa shape index (κ2) is 6.83. The predicted octanol–water partition coefficient (Wildman–Crippen LogP) is 3.77. The largest absolute Gasteiger partial charge is 0.480 e. The highest BCUT2D eigenvalue weighted by Gasteiger charge is 2.27. The molecule has 3 aromatic heterocycles. The van der Waals surface area contributed by atoms with E-state index in [0.717, 1.165) is 47.6 Å². The first-order valence-electron chi connectivity index (χ1n) is 9.46. The maximum atomic E-state index is 6.19. The third-order valence-corrected chi connectivity index (χ3v) is 5.38. The second-order valence-electron chi connectivity index (χ2n) is 7.03. The minimum absolute atomic E-state index is 0.399. The zero-order valence-corrected chi connectivity index (χ0v) is 16.0. The molecule has 0 radical (unpaired) electrons. The first-order valence-corrected chi connectivity index (χ1v) is 9.46. The molecule has 4 aromatic rings. The summed E-state index contributed by atoms with van der Waals surface area (Å²) >= 11 is 0. The summed E-state index contributed by atoms with van der Waals surface area (Å²) in [6, 6.07) is 12.4. The maximum absolute atomic E-state index is 6.19. The van der Waals surface area contributed by atoms with Crippen molar-refractivity contribution in [1.82, 2.24) is 14.6 Å². The van der Waals surface area contributed by atoms with E-state index in [2.05, 4.69) is 27.1 Å². The number of hydrogen-bond acceptors (Lipinski definition) is 6. The van der Waals surface area contributed by atoms with E-state index in [-0.39, 0.29) is 0 Å². The Morgan fingerprint density at radius 2 is 2.14 bits per heavy atom. The molecule has 1 atom stereocenters. The highest BCUT2D eigenvalue weighted by molar-refractivity contribution is 5.94. The molecule has 7 nitrogen and oxygen atoms in total. The molecule has 7 heteroatoms.